The third kappa shape index (κ3) is 3.56. The number of benzene rings is 4. The van der Waals surface area contributed by atoms with Crippen LogP contribution in [0.4, 0.5) is 0 Å². The van der Waals surface area contributed by atoms with Gasteiger partial charge in [-0.25, -0.2) is 0 Å². The van der Waals surface area contributed by atoms with E-state index in [9.17, 15) is 0 Å². The molecule has 0 saturated heterocycles. The lowest BCUT2D eigenvalue weighted by molar-refractivity contribution is 0.414. The van der Waals surface area contributed by atoms with Gasteiger partial charge in [-0.2, -0.15) is 0 Å². The van der Waals surface area contributed by atoms with E-state index in [1.165, 1.54) is 26.9 Å². The Labute approximate surface area is 165 Å². The van der Waals surface area contributed by atoms with Crippen molar-refractivity contribution in [2.24, 2.45) is 0 Å². The molecule has 1 unspecified atom stereocenters. The lowest BCUT2D eigenvalue weighted by Gasteiger charge is -2.25. The fourth-order valence-corrected chi connectivity index (χ4v) is 7.72. The second kappa shape index (κ2) is 7.68. The molecule has 134 valence electrons. The van der Waals surface area contributed by atoms with Gasteiger partial charge in [-0.05, 0) is 39.1 Å². The minimum Gasteiger partial charge on any atom is -0.497 e. The molecule has 0 amide bonds. The van der Waals surface area contributed by atoms with Gasteiger partial charge >= 0.3 is 0 Å². The second-order valence-corrected chi connectivity index (χ2v) is 11.2. The van der Waals surface area contributed by atoms with Crippen LogP contribution in [0.2, 0.25) is 0 Å². The van der Waals surface area contributed by atoms with Crippen molar-refractivity contribution in [1.82, 2.24) is 0 Å². The van der Waals surface area contributed by atoms with Gasteiger partial charge in [0.05, 0.1) is 7.11 Å². The first kappa shape index (κ1) is 18.0. The standard InChI is InChI=1S/C24H21OPS/c1-25-21-16-14-19(15-17-21)18-26(27,22-10-3-2-4-11-22)24-13-7-9-20-8-5-6-12-23(20)24/h2-17H,18H2,1H3. The molecule has 0 aliphatic rings. The van der Waals surface area contributed by atoms with Crippen LogP contribution in [-0.4, -0.2) is 7.11 Å². The fourth-order valence-electron chi connectivity index (χ4n) is 3.50. The number of hydrogen-bond donors (Lipinski definition) is 0. The molecule has 0 N–H and O–H groups in total. The van der Waals surface area contributed by atoms with Gasteiger partial charge in [0.2, 0.25) is 0 Å². The summed E-state index contributed by atoms with van der Waals surface area (Å²) in [5.74, 6) is 0.872. The third-order valence-corrected chi connectivity index (χ3v) is 9.61. The van der Waals surface area contributed by atoms with Crippen molar-refractivity contribution in [3.05, 3.63) is 103 Å². The molecule has 0 fully saturated rings. The molecule has 4 aromatic carbocycles. The quantitative estimate of drug-likeness (QED) is 0.419. The largest absolute Gasteiger partial charge is 0.497 e. The van der Waals surface area contributed by atoms with Crippen molar-refractivity contribution in [1.29, 1.82) is 0 Å². The molecule has 27 heavy (non-hydrogen) atoms. The molecule has 0 heterocycles. The smallest absolute Gasteiger partial charge is 0.118 e. The number of methoxy groups -OCH3 is 1. The molecule has 0 radical (unpaired) electrons. The average molecular weight is 388 g/mol. The molecule has 0 saturated carbocycles. The molecule has 0 bridgehead atoms. The van der Waals surface area contributed by atoms with Crippen LogP contribution in [0.25, 0.3) is 10.8 Å². The van der Waals surface area contributed by atoms with E-state index in [0.717, 1.165) is 11.9 Å². The molecular formula is C24H21OPS. The third-order valence-electron chi connectivity index (χ3n) is 4.89. The van der Waals surface area contributed by atoms with Crippen LogP contribution >= 0.6 is 6.04 Å². The van der Waals surface area contributed by atoms with Crippen molar-refractivity contribution in [3.63, 3.8) is 0 Å². The number of ether oxygens (including phenoxy) is 1. The van der Waals surface area contributed by atoms with E-state index in [-0.39, 0.29) is 0 Å². The zero-order valence-electron chi connectivity index (χ0n) is 15.2. The van der Waals surface area contributed by atoms with Crippen molar-refractivity contribution < 1.29 is 4.74 Å². The summed E-state index contributed by atoms with van der Waals surface area (Å²) < 4.78 is 5.31. The molecule has 0 aliphatic heterocycles. The minimum atomic E-state index is -2.02. The maximum Gasteiger partial charge on any atom is 0.118 e. The highest BCUT2D eigenvalue weighted by molar-refractivity contribution is 8.21. The molecule has 0 spiro atoms. The van der Waals surface area contributed by atoms with E-state index in [1.54, 1.807) is 7.11 Å². The van der Waals surface area contributed by atoms with Crippen LogP contribution in [0.3, 0.4) is 0 Å². The number of fused-ring (bicyclic) bond motifs is 1. The van der Waals surface area contributed by atoms with Crippen molar-refractivity contribution in [2.75, 3.05) is 7.11 Å². The van der Waals surface area contributed by atoms with Crippen LogP contribution in [0, 0.1) is 0 Å². The SMILES string of the molecule is COc1ccc(CP(=S)(c2ccccc2)c2cccc3ccccc23)cc1. The van der Waals surface area contributed by atoms with Crippen LogP contribution < -0.4 is 15.3 Å². The van der Waals surface area contributed by atoms with Crippen LogP contribution in [-0.2, 0) is 18.0 Å². The number of hydrogen-bond acceptors (Lipinski definition) is 2. The first-order valence-electron chi connectivity index (χ1n) is 8.97. The van der Waals surface area contributed by atoms with E-state index in [2.05, 4.69) is 84.9 Å². The van der Waals surface area contributed by atoms with Gasteiger partial charge < -0.3 is 4.74 Å². The minimum absolute atomic E-state index is 0.852. The topological polar surface area (TPSA) is 9.23 Å². The lowest BCUT2D eigenvalue weighted by atomic mass is 10.1. The predicted molar refractivity (Wildman–Crippen MR) is 121 cm³/mol. The number of rotatable bonds is 5. The summed E-state index contributed by atoms with van der Waals surface area (Å²) in [6, 6.07) is 32.0. The highest BCUT2D eigenvalue weighted by Crippen LogP contribution is 2.49. The Balaban J connectivity index is 1.89. The summed E-state index contributed by atoms with van der Waals surface area (Å²) in [7, 11) is 1.69. The summed E-state index contributed by atoms with van der Waals surface area (Å²) in [5, 5.41) is 5.06. The molecule has 0 aromatic heterocycles. The van der Waals surface area contributed by atoms with E-state index >= 15 is 0 Å². The summed E-state index contributed by atoms with van der Waals surface area (Å²) in [6.07, 6.45) is 0.852. The van der Waals surface area contributed by atoms with E-state index < -0.39 is 6.04 Å². The molecule has 1 nitrogen and oxygen atoms in total. The molecule has 4 aromatic rings. The zero-order valence-corrected chi connectivity index (χ0v) is 16.9. The summed E-state index contributed by atoms with van der Waals surface area (Å²) in [4.78, 5) is 0. The van der Waals surface area contributed by atoms with Crippen molar-refractivity contribution in [3.8, 4) is 5.75 Å². The Morgan fingerprint density at radius 2 is 1.41 bits per heavy atom. The van der Waals surface area contributed by atoms with E-state index in [4.69, 9.17) is 16.5 Å². The van der Waals surface area contributed by atoms with Gasteiger partial charge in [-0.15, -0.1) is 0 Å². The predicted octanol–water partition coefficient (Wildman–Crippen LogP) is 5.48. The van der Waals surface area contributed by atoms with Gasteiger partial charge in [-0.1, -0.05) is 96.7 Å². The molecule has 0 aliphatic carbocycles. The lowest BCUT2D eigenvalue weighted by Crippen LogP contribution is -2.18. The monoisotopic (exact) mass is 388 g/mol. The summed E-state index contributed by atoms with van der Waals surface area (Å²) in [6.45, 7) is 0. The maximum absolute atomic E-state index is 6.49. The Kier molecular flexibility index (Phi) is 5.11. The van der Waals surface area contributed by atoms with Gasteiger partial charge in [0, 0.05) is 12.2 Å². The van der Waals surface area contributed by atoms with Crippen LogP contribution in [0.15, 0.2) is 97.1 Å². The molecule has 3 heteroatoms. The molecule has 1 atom stereocenters. The Morgan fingerprint density at radius 3 is 2.15 bits per heavy atom. The van der Waals surface area contributed by atoms with Crippen molar-refractivity contribution >= 4 is 39.2 Å². The highest BCUT2D eigenvalue weighted by Gasteiger charge is 2.24. The average Bonchev–Trinajstić information content (AvgIpc) is 2.74. The van der Waals surface area contributed by atoms with Gasteiger partial charge in [0.25, 0.3) is 0 Å². The Morgan fingerprint density at radius 1 is 0.741 bits per heavy atom. The van der Waals surface area contributed by atoms with E-state index in [1.807, 2.05) is 12.1 Å². The Bertz CT molecular complexity index is 1100. The summed E-state index contributed by atoms with van der Waals surface area (Å²) in [5.41, 5.74) is 1.25. The Hall–Kier alpha value is -2.41. The second-order valence-electron chi connectivity index (χ2n) is 6.58. The summed E-state index contributed by atoms with van der Waals surface area (Å²) >= 11 is 6.49. The first-order chi connectivity index (χ1) is 13.2. The first-order valence-corrected chi connectivity index (χ1v) is 12.0. The fraction of sp³-hybridized carbons (Fsp3) is 0.0833. The van der Waals surface area contributed by atoms with Gasteiger partial charge in [0.15, 0.2) is 0 Å². The van der Waals surface area contributed by atoms with Gasteiger partial charge in [-0.3, -0.25) is 0 Å². The van der Waals surface area contributed by atoms with E-state index in [0.29, 0.717) is 0 Å². The maximum atomic E-state index is 6.49. The molecule has 4 rings (SSSR count). The van der Waals surface area contributed by atoms with Crippen LogP contribution in [0.5, 0.6) is 5.75 Å². The van der Waals surface area contributed by atoms with Crippen molar-refractivity contribution in [2.45, 2.75) is 6.16 Å². The normalized spacial score (nSPS) is 13.2. The van der Waals surface area contributed by atoms with Gasteiger partial charge in [0.1, 0.15) is 5.75 Å². The molecular weight excluding hydrogens is 367 g/mol. The highest BCUT2D eigenvalue weighted by atomic mass is 32.4. The zero-order chi connectivity index (χ0) is 18.7. The van der Waals surface area contributed by atoms with Crippen LogP contribution in [0.1, 0.15) is 5.56 Å².